The first-order valence-corrected chi connectivity index (χ1v) is 13.2. The lowest BCUT2D eigenvalue weighted by Gasteiger charge is -2.53. The van der Waals surface area contributed by atoms with Gasteiger partial charge in [-0.2, -0.15) is 0 Å². The van der Waals surface area contributed by atoms with Crippen LogP contribution in [0.15, 0.2) is 30.3 Å². The third kappa shape index (κ3) is 7.57. The molecule has 3 nitrogen and oxygen atoms in total. The molecule has 3 atom stereocenters. The first-order valence-electron chi connectivity index (χ1n) is 13.2. The summed E-state index contributed by atoms with van der Waals surface area (Å²) in [6, 6.07) is 10.9. The second-order valence-electron chi connectivity index (χ2n) is 13.6. The van der Waals surface area contributed by atoms with Crippen molar-refractivity contribution in [3.05, 3.63) is 35.9 Å². The van der Waals surface area contributed by atoms with Crippen molar-refractivity contribution in [3.8, 4) is 0 Å². The lowest BCUT2D eigenvalue weighted by Crippen LogP contribution is -2.49. The average molecular weight is 475 g/mol. The molecule has 0 saturated carbocycles. The Morgan fingerprint density at radius 1 is 0.941 bits per heavy atom. The Kier molecular flexibility index (Phi) is 10.1. The molecule has 0 spiro atoms. The molecule has 1 aromatic rings. The predicted molar refractivity (Wildman–Crippen MR) is 145 cm³/mol. The van der Waals surface area contributed by atoms with Gasteiger partial charge in [-0.25, -0.2) is 0 Å². The zero-order valence-corrected chi connectivity index (χ0v) is 24.6. The molecule has 1 aliphatic heterocycles. The smallest absolute Gasteiger partial charge is 0.312 e. The second-order valence-corrected chi connectivity index (χ2v) is 13.6. The Morgan fingerprint density at radius 2 is 1.44 bits per heavy atom. The standard InChI is InChI=1S/C29H48O3.C2H6/c1-25(2,3)17-23(21-15-13-12-14-16-21)28(9,10)27(7,8)20-29(11,26(4,5)6)24(30)32-19-22-18-31-22;1-2/h12-16,22-23H,17-20H2,1-11H3;1-2H3. The number of ether oxygens (including phenoxy) is 2. The van der Waals surface area contributed by atoms with Crippen molar-refractivity contribution >= 4 is 5.97 Å². The van der Waals surface area contributed by atoms with Gasteiger partial charge in [0.05, 0.1) is 12.0 Å². The number of hydrogen-bond donors (Lipinski definition) is 0. The minimum atomic E-state index is -0.606. The van der Waals surface area contributed by atoms with Crippen molar-refractivity contribution in [3.63, 3.8) is 0 Å². The largest absolute Gasteiger partial charge is 0.462 e. The monoisotopic (exact) mass is 474 g/mol. The van der Waals surface area contributed by atoms with Crippen LogP contribution in [0.3, 0.4) is 0 Å². The van der Waals surface area contributed by atoms with Gasteiger partial charge in [0, 0.05) is 0 Å². The Hall–Kier alpha value is -1.35. The van der Waals surface area contributed by atoms with E-state index >= 15 is 0 Å². The average Bonchev–Trinajstić information content (AvgIpc) is 3.55. The maximum Gasteiger partial charge on any atom is 0.312 e. The number of hydrogen-bond acceptors (Lipinski definition) is 3. The van der Waals surface area contributed by atoms with Crippen molar-refractivity contribution in [1.29, 1.82) is 0 Å². The summed E-state index contributed by atoms with van der Waals surface area (Å²) in [6.45, 7) is 30.1. The fourth-order valence-electron chi connectivity index (χ4n) is 4.81. The van der Waals surface area contributed by atoms with Crippen LogP contribution < -0.4 is 0 Å². The molecule has 0 radical (unpaired) electrons. The summed E-state index contributed by atoms with van der Waals surface area (Å²) in [4.78, 5) is 13.4. The Bertz CT molecular complexity index is 760. The highest BCUT2D eigenvalue weighted by Crippen LogP contribution is 2.59. The van der Waals surface area contributed by atoms with Crippen molar-refractivity contribution < 1.29 is 14.3 Å². The van der Waals surface area contributed by atoms with Gasteiger partial charge in [0.1, 0.15) is 12.7 Å². The molecule has 34 heavy (non-hydrogen) atoms. The number of esters is 1. The molecular weight excluding hydrogens is 420 g/mol. The normalized spacial score (nSPS) is 19.4. The topological polar surface area (TPSA) is 38.8 Å². The van der Waals surface area contributed by atoms with E-state index in [9.17, 15) is 4.79 Å². The van der Waals surface area contributed by atoms with Crippen LogP contribution in [0.25, 0.3) is 0 Å². The van der Waals surface area contributed by atoms with E-state index in [0.717, 1.165) is 12.8 Å². The minimum Gasteiger partial charge on any atom is -0.462 e. The second kappa shape index (κ2) is 11.1. The molecule has 0 aliphatic carbocycles. The molecule has 1 aromatic carbocycles. The molecule has 0 aromatic heterocycles. The van der Waals surface area contributed by atoms with Gasteiger partial charge < -0.3 is 9.47 Å². The van der Waals surface area contributed by atoms with E-state index in [1.807, 2.05) is 13.8 Å². The van der Waals surface area contributed by atoms with Crippen LogP contribution in [0, 0.1) is 27.1 Å². The molecular formula is C31H54O3. The summed E-state index contributed by atoms with van der Waals surface area (Å²) in [5, 5.41) is 0. The lowest BCUT2D eigenvalue weighted by atomic mass is 9.50. The number of benzene rings is 1. The van der Waals surface area contributed by atoms with Crippen LogP contribution in [0.2, 0.25) is 0 Å². The Morgan fingerprint density at radius 3 is 1.85 bits per heavy atom. The summed E-state index contributed by atoms with van der Waals surface area (Å²) in [6.07, 6.45) is 1.93. The number of rotatable bonds is 9. The summed E-state index contributed by atoms with van der Waals surface area (Å²) in [7, 11) is 0. The van der Waals surface area contributed by atoms with E-state index in [2.05, 4.69) is 106 Å². The van der Waals surface area contributed by atoms with E-state index in [1.165, 1.54) is 5.56 Å². The molecule has 0 N–H and O–H groups in total. The maximum absolute atomic E-state index is 13.4. The van der Waals surface area contributed by atoms with Crippen LogP contribution in [0.5, 0.6) is 0 Å². The minimum absolute atomic E-state index is 0.0476. The van der Waals surface area contributed by atoms with Gasteiger partial charge in [0.25, 0.3) is 0 Å². The van der Waals surface area contributed by atoms with Crippen molar-refractivity contribution in [2.45, 2.75) is 115 Å². The van der Waals surface area contributed by atoms with Gasteiger partial charge >= 0.3 is 5.97 Å². The van der Waals surface area contributed by atoms with Crippen LogP contribution in [-0.4, -0.2) is 25.3 Å². The lowest BCUT2D eigenvalue weighted by molar-refractivity contribution is -0.168. The molecule has 0 amide bonds. The third-order valence-electron chi connectivity index (χ3n) is 8.34. The number of carbonyl (C=O) groups excluding carboxylic acids is 1. The van der Waals surface area contributed by atoms with Gasteiger partial charge in [0.2, 0.25) is 0 Å². The first kappa shape index (κ1) is 30.7. The summed E-state index contributed by atoms with van der Waals surface area (Å²) in [5.74, 6) is 0.273. The quantitative estimate of drug-likeness (QED) is 0.265. The van der Waals surface area contributed by atoms with Crippen LogP contribution in [0.4, 0.5) is 0 Å². The molecule has 1 saturated heterocycles. The summed E-state index contributed by atoms with van der Waals surface area (Å²) >= 11 is 0. The molecule has 1 fully saturated rings. The number of carbonyl (C=O) groups is 1. The fraction of sp³-hybridized carbons (Fsp3) is 0.774. The van der Waals surface area contributed by atoms with Crippen LogP contribution in [0.1, 0.15) is 114 Å². The van der Waals surface area contributed by atoms with Gasteiger partial charge in [0.15, 0.2) is 0 Å². The molecule has 1 heterocycles. The van der Waals surface area contributed by atoms with Gasteiger partial charge in [-0.15, -0.1) is 0 Å². The molecule has 0 bridgehead atoms. The first-order chi connectivity index (χ1) is 15.4. The molecule has 1 aliphatic rings. The highest BCUT2D eigenvalue weighted by atomic mass is 16.6. The highest BCUT2D eigenvalue weighted by molar-refractivity contribution is 5.77. The summed E-state index contributed by atoms with van der Waals surface area (Å²) < 4.78 is 11.0. The van der Waals surface area contributed by atoms with Crippen LogP contribution in [-0.2, 0) is 14.3 Å². The van der Waals surface area contributed by atoms with Crippen molar-refractivity contribution in [2.24, 2.45) is 27.1 Å². The SMILES string of the molecule is CC.CC(C)(C)CC(c1ccccc1)C(C)(C)C(C)(C)CC(C)(C(=O)OCC1CO1)C(C)(C)C. The van der Waals surface area contributed by atoms with E-state index < -0.39 is 5.41 Å². The number of epoxide rings is 1. The van der Waals surface area contributed by atoms with Gasteiger partial charge in [-0.1, -0.05) is 113 Å². The molecule has 3 unspecified atom stereocenters. The fourth-order valence-corrected chi connectivity index (χ4v) is 4.81. The Balaban J connectivity index is 0.00000281. The van der Waals surface area contributed by atoms with E-state index in [0.29, 0.717) is 19.1 Å². The predicted octanol–water partition coefficient (Wildman–Crippen LogP) is 8.67. The van der Waals surface area contributed by atoms with Crippen molar-refractivity contribution in [1.82, 2.24) is 0 Å². The van der Waals surface area contributed by atoms with E-state index in [4.69, 9.17) is 9.47 Å². The summed E-state index contributed by atoms with van der Waals surface area (Å²) in [5.41, 5.74) is 0.583. The Labute approximate surface area is 211 Å². The van der Waals surface area contributed by atoms with Crippen molar-refractivity contribution in [2.75, 3.05) is 13.2 Å². The molecule has 3 heteroatoms. The zero-order chi connectivity index (χ0) is 26.6. The molecule has 2 rings (SSSR count). The van der Waals surface area contributed by atoms with E-state index in [-0.39, 0.29) is 33.7 Å². The maximum atomic E-state index is 13.4. The van der Waals surface area contributed by atoms with E-state index in [1.54, 1.807) is 0 Å². The molecule has 196 valence electrons. The van der Waals surface area contributed by atoms with Crippen LogP contribution >= 0.6 is 0 Å². The highest BCUT2D eigenvalue weighted by Gasteiger charge is 2.54. The van der Waals surface area contributed by atoms with Gasteiger partial charge in [-0.3, -0.25) is 4.79 Å². The third-order valence-corrected chi connectivity index (χ3v) is 8.34. The van der Waals surface area contributed by atoms with Gasteiger partial charge in [-0.05, 0) is 52.9 Å². The zero-order valence-electron chi connectivity index (χ0n) is 24.6.